The second kappa shape index (κ2) is 8.04. The van der Waals surface area contributed by atoms with Crippen LogP contribution in [0.4, 0.5) is 0 Å². The van der Waals surface area contributed by atoms with Crippen LogP contribution in [0.3, 0.4) is 0 Å². The van der Waals surface area contributed by atoms with Crippen LogP contribution >= 0.6 is 10.7 Å². The highest BCUT2D eigenvalue weighted by Gasteiger charge is 2.18. The lowest BCUT2D eigenvalue weighted by atomic mass is 10.0. The van der Waals surface area contributed by atoms with E-state index in [1.165, 1.54) is 19.3 Å². The summed E-state index contributed by atoms with van der Waals surface area (Å²) in [5.41, 5.74) is 1.25. The highest BCUT2D eigenvalue weighted by atomic mass is 35.7. The van der Waals surface area contributed by atoms with Crippen LogP contribution in [-0.2, 0) is 9.05 Å². The molecule has 1 aromatic rings. The number of ether oxygens (including phenoxy) is 1. The van der Waals surface area contributed by atoms with E-state index in [9.17, 15) is 8.42 Å². The van der Waals surface area contributed by atoms with Gasteiger partial charge >= 0.3 is 0 Å². The van der Waals surface area contributed by atoms with E-state index in [0.717, 1.165) is 6.42 Å². The monoisotopic (exact) mass is 332 g/mol. The number of hydrogen-bond donors (Lipinski definition) is 0. The van der Waals surface area contributed by atoms with Crippen LogP contribution in [0.2, 0.25) is 0 Å². The Labute approximate surface area is 133 Å². The third-order valence-electron chi connectivity index (χ3n) is 3.71. The van der Waals surface area contributed by atoms with Gasteiger partial charge in [0.25, 0.3) is 9.05 Å². The van der Waals surface area contributed by atoms with Crippen LogP contribution in [-0.4, -0.2) is 15.0 Å². The Morgan fingerprint density at radius 1 is 1.19 bits per heavy atom. The highest BCUT2D eigenvalue weighted by molar-refractivity contribution is 8.13. The van der Waals surface area contributed by atoms with Crippen molar-refractivity contribution in [2.24, 2.45) is 5.92 Å². The largest absolute Gasteiger partial charge is 0.493 e. The maximum absolute atomic E-state index is 11.5. The Kier molecular flexibility index (Phi) is 7.01. The third kappa shape index (κ3) is 5.51. The molecule has 0 aliphatic rings. The van der Waals surface area contributed by atoms with E-state index >= 15 is 0 Å². The standard InChI is InChI=1S/C16H25ClO3S/c1-5-7-8-14(6-2)11-20-15-9-12(3)16(13(4)10-15)21(17,18)19/h9-10,14H,5-8,11H2,1-4H3. The summed E-state index contributed by atoms with van der Waals surface area (Å²) in [5, 5.41) is 0. The third-order valence-corrected chi connectivity index (χ3v) is 5.30. The molecule has 0 aliphatic heterocycles. The zero-order chi connectivity index (χ0) is 16.0. The van der Waals surface area contributed by atoms with Crippen LogP contribution in [0, 0.1) is 19.8 Å². The van der Waals surface area contributed by atoms with Gasteiger partial charge in [0, 0.05) is 10.7 Å². The van der Waals surface area contributed by atoms with Gasteiger partial charge in [0.05, 0.1) is 11.5 Å². The van der Waals surface area contributed by atoms with Gasteiger partial charge in [0.2, 0.25) is 0 Å². The number of rotatable bonds is 8. The van der Waals surface area contributed by atoms with Gasteiger partial charge in [0.1, 0.15) is 5.75 Å². The molecule has 0 heterocycles. The summed E-state index contributed by atoms with van der Waals surface area (Å²) in [6, 6.07) is 3.49. The SMILES string of the molecule is CCCCC(CC)COc1cc(C)c(S(=O)(=O)Cl)c(C)c1. The van der Waals surface area contributed by atoms with Crippen molar-refractivity contribution < 1.29 is 13.2 Å². The van der Waals surface area contributed by atoms with Crippen molar-refractivity contribution in [3.8, 4) is 5.75 Å². The summed E-state index contributed by atoms with van der Waals surface area (Å²) >= 11 is 0. The van der Waals surface area contributed by atoms with Gasteiger partial charge < -0.3 is 4.74 Å². The van der Waals surface area contributed by atoms with E-state index < -0.39 is 9.05 Å². The zero-order valence-electron chi connectivity index (χ0n) is 13.3. The van der Waals surface area contributed by atoms with E-state index in [4.69, 9.17) is 15.4 Å². The van der Waals surface area contributed by atoms with Crippen molar-refractivity contribution in [3.63, 3.8) is 0 Å². The Hall–Kier alpha value is -0.740. The molecule has 0 aliphatic carbocycles. The van der Waals surface area contributed by atoms with Gasteiger partial charge in [0.15, 0.2) is 0 Å². The van der Waals surface area contributed by atoms with Gasteiger partial charge in [-0.3, -0.25) is 0 Å². The van der Waals surface area contributed by atoms with Crippen LogP contribution < -0.4 is 4.74 Å². The molecule has 1 unspecified atom stereocenters. The van der Waals surface area contributed by atoms with Crippen molar-refractivity contribution in [3.05, 3.63) is 23.3 Å². The second-order valence-corrected chi connectivity index (χ2v) is 8.05. The van der Waals surface area contributed by atoms with Gasteiger partial charge in [-0.15, -0.1) is 0 Å². The predicted molar refractivity (Wildman–Crippen MR) is 87.8 cm³/mol. The molecule has 0 amide bonds. The molecule has 21 heavy (non-hydrogen) atoms. The fraction of sp³-hybridized carbons (Fsp3) is 0.625. The molecule has 0 fully saturated rings. The molecule has 0 saturated carbocycles. The minimum Gasteiger partial charge on any atom is -0.493 e. The second-order valence-electron chi connectivity index (χ2n) is 5.55. The molecular weight excluding hydrogens is 308 g/mol. The molecule has 120 valence electrons. The first kappa shape index (κ1) is 18.3. The normalized spacial score (nSPS) is 13.2. The number of aryl methyl sites for hydroxylation is 2. The van der Waals surface area contributed by atoms with Crippen LogP contribution in [0.5, 0.6) is 5.75 Å². The predicted octanol–water partition coefficient (Wildman–Crippen LogP) is 4.83. The highest BCUT2D eigenvalue weighted by Crippen LogP contribution is 2.28. The average Bonchev–Trinajstić information content (AvgIpc) is 2.36. The number of unbranched alkanes of at least 4 members (excludes halogenated alkanes) is 1. The smallest absolute Gasteiger partial charge is 0.261 e. The molecule has 0 spiro atoms. The first-order valence-electron chi connectivity index (χ1n) is 7.48. The fourth-order valence-corrected chi connectivity index (χ4v) is 4.11. The van der Waals surface area contributed by atoms with E-state index in [-0.39, 0.29) is 4.90 Å². The summed E-state index contributed by atoms with van der Waals surface area (Å²) in [6.07, 6.45) is 4.66. The van der Waals surface area contributed by atoms with E-state index in [2.05, 4.69) is 13.8 Å². The topological polar surface area (TPSA) is 43.4 Å². The summed E-state index contributed by atoms with van der Waals surface area (Å²) in [4.78, 5) is 0.189. The van der Waals surface area contributed by atoms with Crippen LogP contribution in [0.15, 0.2) is 17.0 Å². The summed E-state index contributed by atoms with van der Waals surface area (Å²) in [6.45, 7) is 8.50. The molecule has 5 heteroatoms. The Morgan fingerprint density at radius 3 is 2.19 bits per heavy atom. The summed E-state index contributed by atoms with van der Waals surface area (Å²) < 4.78 is 28.9. The molecule has 0 aromatic heterocycles. The average molecular weight is 333 g/mol. The molecule has 0 bridgehead atoms. The lowest BCUT2D eigenvalue weighted by Gasteiger charge is -2.17. The van der Waals surface area contributed by atoms with Crippen molar-refractivity contribution in [1.82, 2.24) is 0 Å². The van der Waals surface area contributed by atoms with E-state index in [0.29, 0.717) is 29.4 Å². The van der Waals surface area contributed by atoms with Crippen molar-refractivity contribution in [2.45, 2.75) is 58.3 Å². The van der Waals surface area contributed by atoms with Crippen molar-refractivity contribution in [2.75, 3.05) is 6.61 Å². The van der Waals surface area contributed by atoms with Crippen molar-refractivity contribution >= 4 is 19.7 Å². The van der Waals surface area contributed by atoms with Gasteiger partial charge in [-0.25, -0.2) is 8.42 Å². The minimum absolute atomic E-state index is 0.189. The van der Waals surface area contributed by atoms with Gasteiger partial charge in [-0.2, -0.15) is 0 Å². The van der Waals surface area contributed by atoms with E-state index in [1.807, 2.05) is 0 Å². The summed E-state index contributed by atoms with van der Waals surface area (Å²) in [7, 11) is 1.75. The quantitative estimate of drug-likeness (QED) is 0.640. The molecule has 0 radical (unpaired) electrons. The first-order chi connectivity index (χ1) is 9.79. The molecule has 0 saturated heterocycles. The van der Waals surface area contributed by atoms with Crippen LogP contribution in [0.1, 0.15) is 50.7 Å². The number of hydrogen-bond acceptors (Lipinski definition) is 3. The number of halogens is 1. The lowest BCUT2D eigenvalue weighted by Crippen LogP contribution is -2.11. The molecular formula is C16H25ClO3S. The minimum atomic E-state index is -3.71. The van der Waals surface area contributed by atoms with Crippen molar-refractivity contribution in [1.29, 1.82) is 0 Å². The maximum atomic E-state index is 11.5. The van der Waals surface area contributed by atoms with Gasteiger partial charge in [-0.05, 0) is 49.4 Å². The van der Waals surface area contributed by atoms with Crippen LogP contribution in [0.25, 0.3) is 0 Å². The van der Waals surface area contributed by atoms with Gasteiger partial charge in [-0.1, -0.05) is 33.1 Å². The lowest BCUT2D eigenvalue weighted by molar-refractivity contribution is 0.233. The molecule has 1 rings (SSSR count). The first-order valence-corrected chi connectivity index (χ1v) is 9.79. The summed E-state index contributed by atoms with van der Waals surface area (Å²) in [5.74, 6) is 1.26. The Balaban J connectivity index is 2.82. The Bertz CT molecular complexity index is 544. The zero-order valence-corrected chi connectivity index (χ0v) is 14.9. The fourth-order valence-electron chi connectivity index (χ4n) is 2.49. The number of benzene rings is 1. The molecule has 1 atom stereocenters. The Morgan fingerprint density at radius 2 is 1.76 bits per heavy atom. The maximum Gasteiger partial charge on any atom is 0.261 e. The molecule has 1 aromatic carbocycles. The molecule has 0 N–H and O–H groups in total. The molecule has 3 nitrogen and oxygen atoms in total. The van der Waals surface area contributed by atoms with E-state index in [1.54, 1.807) is 26.0 Å².